The van der Waals surface area contributed by atoms with Crippen molar-refractivity contribution in [2.24, 2.45) is 0 Å². The van der Waals surface area contributed by atoms with Crippen LogP contribution in [0.4, 0.5) is 0 Å². The molecule has 0 aliphatic carbocycles. The van der Waals surface area contributed by atoms with Crippen molar-refractivity contribution in [1.29, 1.82) is 0 Å². The van der Waals surface area contributed by atoms with E-state index in [1.807, 2.05) is 0 Å². The monoisotopic (exact) mass is 206 g/mol. The quantitative estimate of drug-likeness (QED) is 0.453. The number of methoxy groups -OCH3 is 1. The zero-order chi connectivity index (χ0) is 10.8. The molecule has 1 N–H and O–H groups in total. The van der Waals surface area contributed by atoms with Crippen molar-refractivity contribution in [2.45, 2.75) is 0 Å². The Morgan fingerprint density at radius 2 is 2.00 bits per heavy atom. The van der Waals surface area contributed by atoms with Crippen LogP contribution in [0.5, 0.6) is 5.75 Å². The van der Waals surface area contributed by atoms with Crippen LogP contribution in [0.3, 0.4) is 0 Å². The van der Waals surface area contributed by atoms with Gasteiger partial charge in [-0.25, -0.2) is 4.73 Å². The van der Waals surface area contributed by atoms with Gasteiger partial charge in [0.2, 0.25) is 0 Å². The van der Waals surface area contributed by atoms with Gasteiger partial charge in [-0.15, -0.1) is 0 Å². The second kappa shape index (κ2) is 3.53. The molecule has 0 saturated carbocycles. The van der Waals surface area contributed by atoms with E-state index in [9.17, 15) is 10.4 Å². The average molecular weight is 206 g/mol. The fourth-order valence-corrected chi connectivity index (χ4v) is 1.37. The number of benzene rings is 1. The van der Waals surface area contributed by atoms with Gasteiger partial charge in [-0.1, -0.05) is 0 Å². The summed E-state index contributed by atoms with van der Waals surface area (Å²) in [4.78, 5) is 0. The maximum atomic E-state index is 11.3. The summed E-state index contributed by atoms with van der Waals surface area (Å²) < 4.78 is 6.38. The van der Waals surface area contributed by atoms with Crippen molar-refractivity contribution >= 4 is 0 Å². The van der Waals surface area contributed by atoms with Crippen molar-refractivity contribution in [3.8, 4) is 17.1 Å². The molecule has 0 atom stereocenters. The van der Waals surface area contributed by atoms with Crippen molar-refractivity contribution in [1.82, 2.24) is 4.73 Å². The zero-order valence-corrected chi connectivity index (χ0v) is 8.12. The van der Waals surface area contributed by atoms with E-state index in [1.54, 1.807) is 31.4 Å². The van der Waals surface area contributed by atoms with E-state index in [0.29, 0.717) is 16.0 Å². The van der Waals surface area contributed by atoms with Gasteiger partial charge < -0.3 is 15.2 Å². The smallest absolute Gasteiger partial charge is 0.331 e. The molecule has 1 aromatic heterocycles. The van der Waals surface area contributed by atoms with Gasteiger partial charge in [0.25, 0.3) is 0 Å². The van der Waals surface area contributed by atoms with Crippen molar-refractivity contribution in [2.75, 3.05) is 7.11 Å². The zero-order valence-electron chi connectivity index (χ0n) is 8.12. The van der Waals surface area contributed by atoms with E-state index in [1.165, 1.54) is 12.4 Å². The summed E-state index contributed by atoms with van der Waals surface area (Å²) in [5.41, 5.74) is 0.623. The molecule has 0 spiro atoms. The third kappa shape index (κ3) is 1.59. The van der Waals surface area contributed by atoms with Gasteiger partial charge in [0.05, 0.1) is 12.7 Å². The number of ether oxygens (including phenoxy) is 1. The minimum Gasteiger partial charge on any atom is -0.710 e. The molecule has 15 heavy (non-hydrogen) atoms. The van der Waals surface area contributed by atoms with Crippen LogP contribution in [0.1, 0.15) is 0 Å². The van der Waals surface area contributed by atoms with Crippen LogP contribution in [-0.2, 0) is 0 Å². The SMILES string of the molecule is COc1ccc(-c2n(O)cc[n+]2[O-])cc1. The van der Waals surface area contributed by atoms with E-state index in [4.69, 9.17) is 4.74 Å². The number of hydrogen-bond donors (Lipinski definition) is 1. The highest BCUT2D eigenvalue weighted by Crippen LogP contribution is 2.18. The molecule has 0 fully saturated rings. The fourth-order valence-electron chi connectivity index (χ4n) is 1.37. The Kier molecular flexibility index (Phi) is 2.21. The average Bonchev–Trinajstić information content (AvgIpc) is 2.59. The first-order chi connectivity index (χ1) is 7.22. The van der Waals surface area contributed by atoms with Gasteiger partial charge in [0.15, 0.2) is 6.20 Å². The predicted octanol–water partition coefficient (Wildman–Crippen LogP) is 1.03. The standard InChI is InChI=1S/C10H10N2O3/c1-15-9-4-2-8(3-5-9)10-11(13)6-7-12(10)14/h2-7,13H,1H3. The molecule has 2 aromatic rings. The molecule has 0 aliphatic rings. The Morgan fingerprint density at radius 1 is 1.33 bits per heavy atom. The number of nitrogens with zero attached hydrogens (tertiary/aromatic N) is 2. The van der Waals surface area contributed by atoms with Gasteiger partial charge in [-0.2, -0.15) is 0 Å². The van der Waals surface area contributed by atoms with E-state index >= 15 is 0 Å². The number of imidazole rings is 1. The lowest BCUT2D eigenvalue weighted by Gasteiger charge is -2.03. The van der Waals surface area contributed by atoms with Crippen LogP contribution in [0.2, 0.25) is 0 Å². The number of aromatic nitrogens is 2. The summed E-state index contributed by atoms with van der Waals surface area (Å²) in [5.74, 6) is 0.880. The summed E-state index contributed by atoms with van der Waals surface area (Å²) in [6.07, 6.45) is 2.52. The highest BCUT2D eigenvalue weighted by Gasteiger charge is 2.14. The molecule has 0 amide bonds. The Labute approximate surface area is 86.3 Å². The van der Waals surface area contributed by atoms with Crippen LogP contribution < -0.4 is 9.47 Å². The third-order valence-corrected chi connectivity index (χ3v) is 2.12. The van der Waals surface area contributed by atoms with Gasteiger partial charge in [-0.05, 0) is 29.0 Å². The van der Waals surface area contributed by atoms with E-state index < -0.39 is 0 Å². The first-order valence-corrected chi connectivity index (χ1v) is 4.36. The maximum absolute atomic E-state index is 11.3. The van der Waals surface area contributed by atoms with Gasteiger partial charge in [-0.3, -0.25) is 0 Å². The van der Waals surface area contributed by atoms with E-state index in [2.05, 4.69) is 0 Å². The summed E-state index contributed by atoms with van der Waals surface area (Å²) in [6, 6.07) is 6.86. The minimum absolute atomic E-state index is 0.178. The second-order valence-electron chi connectivity index (χ2n) is 3.02. The van der Waals surface area contributed by atoms with Crippen LogP contribution in [0.15, 0.2) is 36.7 Å². The molecule has 0 saturated heterocycles. The molecule has 0 unspecified atom stereocenters. The van der Waals surface area contributed by atoms with Gasteiger partial charge >= 0.3 is 5.82 Å². The molecule has 5 nitrogen and oxygen atoms in total. The first kappa shape index (κ1) is 9.39. The lowest BCUT2D eigenvalue weighted by atomic mass is 10.2. The van der Waals surface area contributed by atoms with Crippen LogP contribution >= 0.6 is 0 Å². The predicted molar refractivity (Wildman–Crippen MR) is 52.6 cm³/mol. The van der Waals surface area contributed by atoms with Gasteiger partial charge in [0, 0.05) is 0 Å². The Bertz CT molecular complexity index is 443. The van der Waals surface area contributed by atoms with Crippen LogP contribution in [0, 0.1) is 5.21 Å². The molecule has 1 heterocycles. The molecular weight excluding hydrogens is 196 g/mol. The van der Waals surface area contributed by atoms with E-state index in [0.717, 1.165) is 4.73 Å². The Hall–Kier alpha value is -2.17. The van der Waals surface area contributed by atoms with Crippen LogP contribution in [-0.4, -0.2) is 17.0 Å². The summed E-state index contributed by atoms with van der Waals surface area (Å²) in [5, 5.41) is 20.7. The summed E-state index contributed by atoms with van der Waals surface area (Å²) in [7, 11) is 1.57. The molecule has 2 rings (SSSR count). The first-order valence-electron chi connectivity index (χ1n) is 4.36. The molecule has 1 aromatic carbocycles. The Balaban J connectivity index is 2.45. The minimum atomic E-state index is 0.178. The second-order valence-corrected chi connectivity index (χ2v) is 3.02. The van der Waals surface area contributed by atoms with Crippen molar-refractivity contribution in [3.05, 3.63) is 41.9 Å². The molecular formula is C10H10N2O3. The summed E-state index contributed by atoms with van der Waals surface area (Å²) in [6.45, 7) is 0. The highest BCUT2D eigenvalue weighted by molar-refractivity contribution is 5.53. The van der Waals surface area contributed by atoms with Crippen LogP contribution in [0.25, 0.3) is 11.4 Å². The largest absolute Gasteiger partial charge is 0.710 e. The topological polar surface area (TPSA) is 61.3 Å². The Morgan fingerprint density at radius 3 is 2.47 bits per heavy atom. The van der Waals surface area contributed by atoms with Crippen molar-refractivity contribution in [3.63, 3.8) is 0 Å². The number of rotatable bonds is 2. The van der Waals surface area contributed by atoms with Gasteiger partial charge in [0.1, 0.15) is 11.9 Å². The molecule has 0 radical (unpaired) electrons. The third-order valence-electron chi connectivity index (χ3n) is 2.12. The molecule has 0 aliphatic heterocycles. The fraction of sp³-hybridized carbons (Fsp3) is 0.100. The maximum Gasteiger partial charge on any atom is 0.331 e. The highest BCUT2D eigenvalue weighted by atomic mass is 16.5. The van der Waals surface area contributed by atoms with E-state index in [-0.39, 0.29) is 5.82 Å². The molecule has 78 valence electrons. The lowest BCUT2D eigenvalue weighted by molar-refractivity contribution is -0.594. The lowest BCUT2D eigenvalue weighted by Crippen LogP contribution is -2.26. The normalized spacial score (nSPS) is 10.2. The van der Waals surface area contributed by atoms with Crippen molar-refractivity contribution < 1.29 is 14.7 Å². The molecule has 5 heteroatoms. The summed E-state index contributed by atoms with van der Waals surface area (Å²) >= 11 is 0. The number of hydrogen-bond acceptors (Lipinski definition) is 3. The molecule has 0 bridgehead atoms.